The summed E-state index contributed by atoms with van der Waals surface area (Å²) in [6.45, 7) is 0. The smallest absolute Gasteiger partial charge is 0.304 e. The fourth-order valence-electron chi connectivity index (χ4n) is 4.65. The topological polar surface area (TPSA) is 16.1 Å². The zero-order valence-corrected chi connectivity index (χ0v) is 17.9. The molecular formula is C23H15F11N2. The first-order chi connectivity index (χ1) is 16.5. The van der Waals surface area contributed by atoms with Crippen LogP contribution in [0.5, 0.6) is 0 Å². The first-order valence-corrected chi connectivity index (χ1v) is 10.3. The Morgan fingerprint density at radius 3 is 1.81 bits per heavy atom. The van der Waals surface area contributed by atoms with Crippen LogP contribution in [0, 0.1) is 0 Å². The van der Waals surface area contributed by atoms with Crippen molar-refractivity contribution in [1.29, 1.82) is 0 Å². The molecule has 0 bridgehead atoms. The molecule has 2 heterocycles. The number of nitrogens with zero attached hydrogens (tertiary/aromatic N) is 2. The molecule has 0 fully saturated rings. The maximum Gasteiger partial charge on any atom is 0.394 e. The number of para-hydroxylation sites is 2. The van der Waals surface area contributed by atoms with E-state index in [-0.39, 0.29) is 15.8 Å². The number of hydrogen-bond acceptors (Lipinski definition) is 2. The van der Waals surface area contributed by atoms with Gasteiger partial charge in [0.1, 0.15) is 6.42 Å². The van der Waals surface area contributed by atoms with E-state index in [0.717, 1.165) is 24.3 Å². The molecule has 2 aromatic carbocycles. The molecule has 0 radical (unpaired) electrons. The third kappa shape index (κ3) is 4.55. The van der Waals surface area contributed by atoms with Crippen LogP contribution in [0.25, 0.3) is 10.9 Å². The molecule has 194 valence electrons. The lowest BCUT2D eigenvalue weighted by molar-refractivity contribution is -0.217. The van der Waals surface area contributed by atoms with Crippen LogP contribution in [-0.4, -0.2) is 29.3 Å². The second-order valence-electron chi connectivity index (χ2n) is 8.41. The molecular weight excluding hydrogens is 513 g/mol. The Hall–Kier alpha value is -3.12. The first-order valence-electron chi connectivity index (χ1n) is 10.3. The molecule has 2 atom stereocenters. The number of alkyl halides is 11. The van der Waals surface area contributed by atoms with E-state index in [1.807, 2.05) is 0 Å². The normalized spacial score (nSPS) is 22.8. The van der Waals surface area contributed by atoms with Crippen LogP contribution in [0.2, 0.25) is 0 Å². The lowest BCUT2D eigenvalue weighted by Crippen LogP contribution is -2.55. The van der Waals surface area contributed by atoms with Gasteiger partial charge in [0.05, 0.1) is 29.7 Å². The summed E-state index contributed by atoms with van der Waals surface area (Å²) in [6, 6.07) is 10.7. The van der Waals surface area contributed by atoms with E-state index in [2.05, 4.69) is 4.98 Å². The Kier molecular flexibility index (Phi) is 5.91. The summed E-state index contributed by atoms with van der Waals surface area (Å²) in [5, 5.41) is -0.312. The summed E-state index contributed by atoms with van der Waals surface area (Å²) >= 11 is 0. The largest absolute Gasteiger partial charge is 0.394 e. The van der Waals surface area contributed by atoms with E-state index >= 15 is 8.78 Å². The minimum atomic E-state index is -5.59. The van der Waals surface area contributed by atoms with Crippen LogP contribution >= 0.6 is 0 Å². The second-order valence-corrected chi connectivity index (χ2v) is 8.41. The van der Waals surface area contributed by atoms with Gasteiger partial charge in [0.25, 0.3) is 0 Å². The van der Waals surface area contributed by atoms with Crippen LogP contribution in [0.15, 0.2) is 54.6 Å². The lowest BCUT2D eigenvalue weighted by Gasteiger charge is -2.41. The predicted octanol–water partition coefficient (Wildman–Crippen LogP) is 8.23. The molecule has 36 heavy (non-hydrogen) atoms. The van der Waals surface area contributed by atoms with Crippen LogP contribution in [0.1, 0.15) is 24.1 Å². The lowest BCUT2D eigenvalue weighted by atomic mass is 9.82. The zero-order chi connectivity index (χ0) is 26.7. The van der Waals surface area contributed by atoms with Gasteiger partial charge in [0, 0.05) is 16.6 Å². The third-order valence-corrected chi connectivity index (χ3v) is 5.78. The van der Waals surface area contributed by atoms with Crippen LogP contribution in [0.4, 0.5) is 59.7 Å². The summed E-state index contributed by atoms with van der Waals surface area (Å²) in [7, 11) is 0. The van der Waals surface area contributed by atoms with Crippen molar-refractivity contribution in [2.45, 2.75) is 49.3 Å². The molecule has 4 rings (SSSR count). The summed E-state index contributed by atoms with van der Waals surface area (Å²) in [5.74, 6) is -4.50. The van der Waals surface area contributed by atoms with Crippen molar-refractivity contribution in [3.05, 3.63) is 65.9 Å². The number of benzene rings is 2. The summed E-state index contributed by atoms with van der Waals surface area (Å²) < 4.78 is 155. The Bertz CT molecular complexity index is 1270. The molecule has 2 unspecified atom stereocenters. The molecule has 0 N–H and O–H groups in total. The average Bonchev–Trinajstić information content (AvgIpc) is 2.89. The van der Waals surface area contributed by atoms with Gasteiger partial charge < -0.3 is 4.90 Å². The van der Waals surface area contributed by atoms with Gasteiger partial charge in [-0.1, -0.05) is 36.4 Å². The number of rotatable bonds is 4. The van der Waals surface area contributed by atoms with E-state index in [0.29, 0.717) is 0 Å². The van der Waals surface area contributed by atoms with Crippen molar-refractivity contribution in [2.75, 3.05) is 4.90 Å². The minimum absolute atomic E-state index is 0.0887. The van der Waals surface area contributed by atoms with E-state index in [1.165, 1.54) is 30.3 Å². The van der Waals surface area contributed by atoms with Gasteiger partial charge in [0.2, 0.25) is 11.5 Å². The molecule has 2 nitrogen and oxygen atoms in total. The molecule has 1 aliphatic rings. The van der Waals surface area contributed by atoms with E-state index < -0.39 is 71.9 Å². The molecule has 1 aromatic heterocycles. The van der Waals surface area contributed by atoms with Crippen LogP contribution in [0.3, 0.4) is 0 Å². The van der Waals surface area contributed by atoms with Crippen LogP contribution in [-0.2, 0) is 12.1 Å². The predicted molar refractivity (Wildman–Crippen MR) is 108 cm³/mol. The Morgan fingerprint density at radius 1 is 0.694 bits per heavy atom. The van der Waals surface area contributed by atoms with Crippen molar-refractivity contribution in [2.24, 2.45) is 0 Å². The van der Waals surface area contributed by atoms with Gasteiger partial charge in [-0.2, -0.15) is 39.5 Å². The Morgan fingerprint density at radius 2 is 1.25 bits per heavy atom. The summed E-state index contributed by atoms with van der Waals surface area (Å²) in [4.78, 5) is 3.73. The fraction of sp³-hybridized carbons (Fsp3) is 0.348. The van der Waals surface area contributed by atoms with Gasteiger partial charge in [0.15, 0.2) is 0 Å². The number of anilines is 2. The standard InChI is InChI=1S/C23H15F11N2/c24-19(11-22(29,30)31)17-16(10-21(26,27)28)35-15-9-5-4-8-14(15)18(17)36(13-6-2-1-3-7-13)20(19,25)12-23(32,33)34/h1-9H,10-12H2. The molecule has 0 amide bonds. The molecule has 1 aliphatic heterocycles. The number of halogens is 11. The highest BCUT2D eigenvalue weighted by molar-refractivity contribution is 5.99. The van der Waals surface area contributed by atoms with E-state index in [9.17, 15) is 39.5 Å². The average molecular weight is 528 g/mol. The fourth-order valence-corrected chi connectivity index (χ4v) is 4.65. The van der Waals surface area contributed by atoms with Crippen molar-refractivity contribution in [3.8, 4) is 0 Å². The first kappa shape index (κ1) is 26.0. The molecule has 0 aliphatic carbocycles. The van der Waals surface area contributed by atoms with Crippen LogP contribution < -0.4 is 4.90 Å². The third-order valence-electron chi connectivity index (χ3n) is 5.78. The van der Waals surface area contributed by atoms with E-state index in [4.69, 9.17) is 0 Å². The Labute approximate surface area is 196 Å². The minimum Gasteiger partial charge on any atom is -0.304 e. The van der Waals surface area contributed by atoms with Gasteiger partial charge in [-0.05, 0) is 18.2 Å². The number of hydrogen-bond donors (Lipinski definition) is 0. The summed E-state index contributed by atoms with van der Waals surface area (Å²) in [5.41, 5.74) is -9.08. The van der Waals surface area contributed by atoms with Crippen molar-refractivity contribution >= 4 is 22.3 Å². The Balaban J connectivity index is 2.20. The highest BCUT2D eigenvalue weighted by Gasteiger charge is 2.72. The van der Waals surface area contributed by atoms with Gasteiger partial charge >= 0.3 is 18.5 Å². The number of fused-ring (bicyclic) bond motifs is 3. The monoisotopic (exact) mass is 528 g/mol. The number of aromatic nitrogens is 1. The van der Waals surface area contributed by atoms with Crippen molar-refractivity contribution in [1.82, 2.24) is 4.98 Å². The van der Waals surface area contributed by atoms with E-state index in [1.54, 1.807) is 0 Å². The molecule has 13 heteroatoms. The van der Waals surface area contributed by atoms with Crippen molar-refractivity contribution in [3.63, 3.8) is 0 Å². The molecule has 3 aromatic rings. The number of pyridine rings is 1. The maximum absolute atomic E-state index is 16.7. The molecule has 0 spiro atoms. The summed E-state index contributed by atoms with van der Waals surface area (Å²) in [6.07, 6.45) is -23.9. The van der Waals surface area contributed by atoms with Gasteiger partial charge in [-0.25, -0.2) is 8.78 Å². The van der Waals surface area contributed by atoms with Crippen molar-refractivity contribution < 1.29 is 48.3 Å². The zero-order valence-electron chi connectivity index (χ0n) is 17.9. The molecule has 0 saturated carbocycles. The SMILES string of the molecule is FC(F)(F)Cc1nc2ccccc2c2c1C(F)(CC(F)(F)F)C(F)(CC(F)(F)F)N2c1ccccc1. The maximum atomic E-state index is 16.7. The van der Waals surface area contributed by atoms with Gasteiger partial charge in [-0.15, -0.1) is 0 Å². The highest BCUT2D eigenvalue weighted by Crippen LogP contribution is 2.65. The highest BCUT2D eigenvalue weighted by atomic mass is 19.4. The quantitative estimate of drug-likeness (QED) is 0.251. The van der Waals surface area contributed by atoms with Gasteiger partial charge in [-0.3, -0.25) is 4.98 Å². The second kappa shape index (κ2) is 8.20. The molecule has 0 saturated heterocycles.